The topological polar surface area (TPSA) is 176 Å². The number of nitrogens with one attached hydrogen (secondary N) is 1. The second kappa shape index (κ2) is 17.7. The van der Waals surface area contributed by atoms with Crippen LogP contribution in [0.15, 0.2) is 48.8 Å². The minimum Gasteiger partial charge on any atom is -0.748 e. The Morgan fingerprint density at radius 3 is 2.11 bits per heavy atom. The molecule has 62 heavy (non-hydrogen) atoms. The number of imidazole rings is 1. The predicted molar refractivity (Wildman–Crippen MR) is 235 cm³/mol. The van der Waals surface area contributed by atoms with Crippen LogP contribution in [0.25, 0.3) is 16.7 Å². The summed E-state index contributed by atoms with van der Waals surface area (Å²) >= 11 is 0. The third-order valence-electron chi connectivity index (χ3n) is 12.2. The maximum atomic E-state index is 13.3. The fraction of sp³-hybridized carbons (Fsp3) is 0.478. The number of hydrogen-bond donors (Lipinski definition) is 1. The number of hydrogen-bond acceptors (Lipinski definition) is 11. The molecule has 4 aliphatic heterocycles. The lowest BCUT2D eigenvalue weighted by Gasteiger charge is -2.43. The van der Waals surface area contributed by atoms with E-state index >= 15 is 0 Å². The number of ketones is 1. The third-order valence-corrected chi connectivity index (χ3v) is 12.8. The van der Waals surface area contributed by atoms with Crippen molar-refractivity contribution in [1.29, 1.82) is 0 Å². The van der Waals surface area contributed by atoms with E-state index in [1.807, 2.05) is 39.0 Å². The first-order chi connectivity index (χ1) is 29.2. The molecule has 0 bridgehead atoms. The lowest BCUT2D eigenvalue weighted by molar-refractivity contribution is -0.894. The van der Waals surface area contributed by atoms with Gasteiger partial charge in [-0.05, 0) is 84.2 Å². The van der Waals surface area contributed by atoms with E-state index in [1.54, 1.807) is 17.0 Å². The molecular formula is C46H59N6O9S+. The average Bonchev–Trinajstić information content (AvgIpc) is 3.79. The van der Waals surface area contributed by atoms with Gasteiger partial charge in [-0.15, -0.1) is 5.06 Å². The van der Waals surface area contributed by atoms with Gasteiger partial charge >= 0.3 is 5.97 Å². The third kappa shape index (κ3) is 8.90. The summed E-state index contributed by atoms with van der Waals surface area (Å²) in [5.74, 6) is -3.29. The molecule has 0 unspecified atom stereocenters. The molecular weight excluding hydrogens is 813 g/mol. The van der Waals surface area contributed by atoms with E-state index in [4.69, 9.17) is 9.57 Å². The number of hydroxylamine groups is 2. The Kier molecular flexibility index (Phi) is 13.2. The molecule has 2 amide bonds. The Labute approximate surface area is 363 Å². The summed E-state index contributed by atoms with van der Waals surface area (Å²) in [6, 6.07) is 7.70. The molecule has 5 heterocycles. The lowest BCUT2D eigenvalue weighted by atomic mass is 9.85. The minimum absolute atomic E-state index is 0.119. The van der Waals surface area contributed by atoms with E-state index in [9.17, 15) is 32.1 Å². The van der Waals surface area contributed by atoms with Crippen molar-refractivity contribution in [2.75, 3.05) is 43.4 Å². The molecule has 0 saturated carbocycles. The number of imide groups is 1. The maximum Gasteiger partial charge on any atom is 0.401 e. The number of amides is 2. The molecule has 7 rings (SSSR count). The number of likely N-dealkylation sites (N-methyl/N-ethyl adjacent to an activating group) is 2. The summed E-state index contributed by atoms with van der Waals surface area (Å²) in [7, 11) is -4.68. The van der Waals surface area contributed by atoms with Crippen LogP contribution in [0.2, 0.25) is 0 Å². The van der Waals surface area contributed by atoms with Crippen LogP contribution in [0.4, 0.5) is 5.69 Å². The van der Waals surface area contributed by atoms with Crippen LogP contribution in [-0.4, -0.2) is 101 Å². The van der Waals surface area contributed by atoms with Gasteiger partial charge in [-0.2, -0.15) is 0 Å². The monoisotopic (exact) mass is 871 g/mol. The number of rotatable bonds is 13. The Morgan fingerprint density at radius 1 is 0.887 bits per heavy atom. The Balaban J connectivity index is 0.000000845. The Bertz CT molecular complexity index is 2610. The van der Waals surface area contributed by atoms with E-state index in [0.29, 0.717) is 56.3 Å². The van der Waals surface area contributed by atoms with E-state index in [0.717, 1.165) is 29.5 Å². The average molecular weight is 872 g/mol. The standard InChI is InChI=1S/C40H43N5O9S.C6H15N/c1-8-23-19-39(4,5)43(9-2)29-17-32-27(15-25(23)29)36(37-41-13-14-42(37)21-31(46)38(49)54-45-34(47)11-12-35(45)48)28-16-26-24(22-55(50,51)52)20-40(6,7)44(10-3)30(26)18-33(28)53-32;1-4-7(5-2)6-3/h13-20H,8-12,21-22H2,1-7H3;4-6H2,1-3H3/p+1. The highest BCUT2D eigenvalue weighted by atomic mass is 32.2. The molecule has 332 valence electrons. The molecule has 2 aromatic carbocycles. The van der Waals surface area contributed by atoms with Crippen molar-refractivity contribution in [3.05, 3.63) is 81.9 Å². The number of ether oxygens (including phenoxy) is 1. The predicted octanol–water partition coefficient (Wildman–Crippen LogP) is 2.99. The summed E-state index contributed by atoms with van der Waals surface area (Å²) in [6.07, 6.45) is 7.58. The number of anilines is 1. The Morgan fingerprint density at radius 2 is 1.55 bits per heavy atom. The van der Waals surface area contributed by atoms with Gasteiger partial charge in [0.05, 0.1) is 53.7 Å². The van der Waals surface area contributed by atoms with Crippen molar-refractivity contribution in [3.63, 3.8) is 0 Å². The molecule has 0 radical (unpaired) electrons. The van der Waals surface area contributed by atoms with E-state index < -0.39 is 51.5 Å². The number of fused-ring (bicyclic) bond motifs is 4. The number of carbonyl (C=O) groups is 4. The molecule has 0 spiro atoms. The highest BCUT2D eigenvalue weighted by Gasteiger charge is 2.38. The molecule has 1 N–H and O–H groups in total. The second-order valence-corrected chi connectivity index (χ2v) is 18.4. The number of aromatic nitrogens is 2. The quantitative estimate of drug-likeness (QED) is 0.0906. The number of benzene rings is 2. The van der Waals surface area contributed by atoms with Gasteiger partial charge < -0.3 is 28.5 Å². The smallest absolute Gasteiger partial charge is 0.401 e. The maximum absolute atomic E-state index is 13.3. The van der Waals surface area contributed by atoms with Crippen molar-refractivity contribution >= 4 is 56.1 Å². The second-order valence-electron chi connectivity index (χ2n) is 17.0. The molecule has 0 atom stereocenters. The van der Waals surface area contributed by atoms with Crippen LogP contribution in [0.1, 0.15) is 111 Å². The Hall–Kier alpha value is -5.45. The van der Waals surface area contributed by atoms with Gasteiger partial charge in [0.15, 0.2) is 5.54 Å². The highest BCUT2D eigenvalue weighted by molar-refractivity contribution is 7.86. The van der Waals surface area contributed by atoms with Crippen molar-refractivity contribution in [3.8, 4) is 11.5 Å². The van der Waals surface area contributed by atoms with Crippen molar-refractivity contribution in [1.82, 2.24) is 19.2 Å². The molecule has 16 heteroatoms. The van der Waals surface area contributed by atoms with Gasteiger partial charge in [-0.1, -0.05) is 13.0 Å². The van der Waals surface area contributed by atoms with E-state index in [2.05, 4.69) is 69.0 Å². The number of carbonyl (C=O) groups excluding carboxylic acids is 4. The normalized spacial score (nSPS) is 17.3. The van der Waals surface area contributed by atoms with Crippen molar-refractivity contribution in [2.24, 2.45) is 0 Å². The van der Waals surface area contributed by atoms with E-state index in [-0.39, 0.29) is 24.2 Å². The highest BCUT2D eigenvalue weighted by Crippen LogP contribution is 2.46. The van der Waals surface area contributed by atoms with Gasteiger partial charge in [0.2, 0.25) is 5.36 Å². The fourth-order valence-electron chi connectivity index (χ4n) is 9.13. The van der Waals surface area contributed by atoms with Gasteiger partial charge in [0, 0.05) is 84.9 Å². The van der Waals surface area contributed by atoms with E-state index in [1.165, 1.54) is 36.6 Å². The van der Waals surface area contributed by atoms with Gasteiger partial charge in [0.1, 0.15) is 23.9 Å². The molecule has 1 saturated heterocycles. The van der Waals surface area contributed by atoms with Crippen molar-refractivity contribution < 1.29 is 46.6 Å². The molecule has 4 aliphatic rings. The van der Waals surface area contributed by atoms with Crippen LogP contribution in [0.3, 0.4) is 0 Å². The number of allylic oxidation sites excluding steroid dienone is 1. The van der Waals surface area contributed by atoms with Crippen molar-refractivity contribution in [2.45, 2.75) is 106 Å². The molecule has 3 aromatic rings. The zero-order valence-corrected chi connectivity index (χ0v) is 38.3. The van der Waals surface area contributed by atoms with Gasteiger partial charge in [-0.25, -0.2) is 22.8 Å². The summed E-state index contributed by atoms with van der Waals surface area (Å²) in [4.78, 5) is 63.7. The van der Waals surface area contributed by atoms with Crippen LogP contribution in [0.5, 0.6) is 11.5 Å². The zero-order valence-electron chi connectivity index (χ0n) is 37.5. The molecule has 1 fully saturated rings. The number of nitrogens with zero attached hydrogens (tertiary/aromatic N) is 5. The number of quaternary nitrogens is 1. The van der Waals surface area contributed by atoms with Gasteiger partial charge in [-0.3, -0.25) is 14.4 Å². The first-order valence-electron chi connectivity index (χ1n) is 21.5. The van der Waals surface area contributed by atoms with Crippen LogP contribution >= 0.6 is 0 Å². The van der Waals surface area contributed by atoms with Crippen LogP contribution in [-0.2, 0) is 40.7 Å². The summed E-state index contributed by atoms with van der Waals surface area (Å²) in [5.41, 5.74) is 3.83. The SMILES string of the molecule is CCC1=CC(C)(C)[N+](CC)=c2cc3c(cc21)=C(c1nccn1CC(=O)C(=O)ON1C(=O)CCC1=O)c1cc2c(cc1O3)N(CC)C(C)(C)C=C2CS(=O)(=O)[O-].CC[NH+](CC)CC. The zero-order chi connectivity index (χ0) is 45.5. The summed E-state index contributed by atoms with van der Waals surface area (Å²) < 4.78 is 47.3. The lowest BCUT2D eigenvalue weighted by Crippen LogP contribution is -3.11. The largest absolute Gasteiger partial charge is 0.748 e. The summed E-state index contributed by atoms with van der Waals surface area (Å²) in [6.45, 7) is 25.6. The molecule has 0 aliphatic carbocycles. The molecule has 15 nitrogen and oxygen atoms in total. The fourth-order valence-corrected chi connectivity index (χ4v) is 9.75. The molecule has 1 aromatic heterocycles. The summed E-state index contributed by atoms with van der Waals surface area (Å²) in [5, 5.41) is 1.96. The van der Waals surface area contributed by atoms with Crippen LogP contribution in [0, 0.1) is 0 Å². The minimum atomic E-state index is -4.68. The number of Topliss-reactive ketones (excluding diaryl/α,β-unsaturated/α-hetero) is 1. The first kappa shape index (κ1) is 46.1. The first-order valence-corrected chi connectivity index (χ1v) is 23.1. The van der Waals surface area contributed by atoms with Crippen LogP contribution < -0.4 is 29.7 Å². The van der Waals surface area contributed by atoms with Gasteiger partial charge in [0.25, 0.3) is 17.6 Å².